The average molecular weight is 284 g/mol. The smallest absolute Gasteiger partial charge is 0.00881 e. The zero-order chi connectivity index (χ0) is 15.3. The normalized spacial score (nSPS) is 14.4. The van der Waals surface area contributed by atoms with Crippen molar-refractivity contribution in [1.82, 2.24) is 0 Å². The maximum Gasteiger partial charge on any atom is -0.00881 e. The van der Waals surface area contributed by atoms with Crippen molar-refractivity contribution in [2.45, 2.75) is 27.2 Å². The van der Waals surface area contributed by atoms with Crippen LogP contribution in [-0.2, 0) is 0 Å². The highest BCUT2D eigenvalue weighted by Gasteiger charge is 2.19. The van der Waals surface area contributed by atoms with E-state index in [1.165, 1.54) is 49.4 Å². The van der Waals surface area contributed by atoms with E-state index in [9.17, 15) is 0 Å². The molecule has 2 aromatic carbocycles. The molecular weight excluding hydrogens is 264 g/mol. The Bertz CT molecular complexity index is 962. The maximum absolute atomic E-state index is 2.38. The fourth-order valence-corrected chi connectivity index (χ4v) is 3.76. The predicted octanol–water partition coefficient (Wildman–Crippen LogP) is 4.34. The lowest BCUT2D eigenvalue weighted by Crippen LogP contribution is -2.21. The number of benzene rings is 2. The molecular formula is C22H20. The van der Waals surface area contributed by atoms with Gasteiger partial charge in [-0.1, -0.05) is 48.1 Å². The number of hydrogen-bond donors (Lipinski definition) is 0. The minimum atomic E-state index is 1.05. The lowest BCUT2D eigenvalue weighted by atomic mass is 9.91. The van der Waals surface area contributed by atoms with Gasteiger partial charge in [-0.15, -0.1) is 0 Å². The van der Waals surface area contributed by atoms with Gasteiger partial charge in [-0.05, 0) is 83.2 Å². The van der Waals surface area contributed by atoms with Crippen molar-refractivity contribution in [3.63, 3.8) is 0 Å². The molecule has 0 aliphatic heterocycles. The Kier molecular flexibility index (Phi) is 2.94. The molecule has 0 saturated carbocycles. The molecule has 2 aliphatic carbocycles. The maximum atomic E-state index is 2.38. The van der Waals surface area contributed by atoms with Crippen LogP contribution >= 0.6 is 0 Å². The standard InChI is InChI=1S/C22H20/c1-14(2)19-13-20-18-11-7-6-10-17(18)12-21(20)22(15(19)3)16-8-4-5-9-16/h4-8,10-13H,9H2,1-3H3. The van der Waals surface area contributed by atoms with Gasteiger partial charge in [0.05, 0.1) is 0 Å². The summed E-state index contributed by atoms with van der Waals surface area (Å²) >= 11 is 0. The molecule has 0 spiro atoms. The summed E-state index contributed by atoms with van der Waals surface area (Å²) in [5.74, 6) is 0. The van der Waals surface area contributed by atoms with Crippen LogP contribution in [0.15, 0.2) is 48.6 Å². The van der Waals surface area contributed by atoms with E-state index in [0.29, 0.717) is 0 Å². The van der Waals surface area contributed by atoms with Crippen molar-refractivity contribution >= 4 is 17.2 Å². The molecule has 0 aromatic heterocycles. The Labute approximate surface area is 131 Å². The van der Waals surface area contributed by atoms with Gasteiger partial charge in [-0.2, -0.15) is 0 Å². The molecule has 2 aliphatic rings. The zero-order valence-corrected chi connectivity index (χ0v) is 13.4. The van der Waals surface area contributed by atoms with Crippen molar-refractivity contribution in [3.8, 4) is 11.1 Å². The first-order valence-corrected chi connectivity index (χ1v) is 7.95. The zero-order valence-electron chi connectivity index (χ0n) is 13.4. The molecule has 22 heavy (non-hydrogen) atoms. The van der Waals surface area contributed by atoms with Gasteiger partial charge >= 0.3 is 0 Å². The highest BCUT2D eigenvalue weighted by Crippen LogP contribution is 2.30. The Morgan fingerprint density at radius 3 is 2.59 bits per heavy atom. The number of rotatable bonds is 1. The Hall–Kier alpha value is -2.34. The van der Waals surface area contributed by atoms with E-state index in [0.717, 1.165) is 6.42 Å². The van der Waals surface area contributed by atoms with Crippen LogP contribution in [0.3, 0.4) is 0 Å². The first-order chi connectivity index (χ1) is 10.7. The van der Waals surface area contributed by atoms with Crippen molar-refractivity contribution in [1.29, 1.82) is 0 Å². The quantitative estimate of drug-likeness (QED) is 0.623. The van der Waals surface area contributed by atoms with Crippen molar-refractivity contribution in [2.75, 3.05) is 0 Å². The van der Waals surface area contributed by atoms with E-state index in [1.807, 2.05) is 0 Å². The molecule has 0 heterocycles. The number of fused-ring (bicyclic) bond motifs is 3. The number of hydrogen-bond acceptors (Lipinski definition) is 0. The van der Waals surface area contributed by atoms with Crippen LogP contribution < -0.4 is 10.4 Å². The van der Waals surface area contributed by atoms with Gasteiger partial charge in [0.25, 0.3) is 0 Å². The van der Waals surface area contributed by atoms with Gasteiger partial charge in [0.1, 0.15) is 0 Å². The van der Waals surface area contributed by atoms with Crippen LogP contribution in [0, 0.1) is 6.92 Å². The fourth-order valence-electron chi connectivity index (χ4n) is 3.76. The van der Waals surface area contributed by atoms with Gasteiger partial charge < -0.3 is 0 Å². The van der Waals surface area contributed by atoms with Crippen molar-refractivity contribution in [2.24, 2.45) is 0 Å². The summed E-state index contributed by atoms with van der Waals surface area (Å²) in [6.07, 6.45) is 10.1. The monoisotopic (exact) mass is 284 g/mol. The van der Waals surface area contributed by atoms with E-state index in [2.05, 4.69) is 75.4 Å². The van der Waals surface area contributed by atoms with Crippen LogP contribution in [0.1, 0.15) is 37.0 Å². The molecule has 0 N–H and O–H groups in total. The van der Waals surface area contributed by atoms with Crippen molar-refractivity contribution in [3.05, 3.63) is 75.7 Å². The summed E-state index contributed by atoms with van der Waals surface area (Å²) in [7, 11) is 0. The average Bonchev–Trinajstić information content (AvgIpc) is 3.13. The van der Waals surface area contributed by atoms with E-state index in [-0.39, 0.29) is 0 Å². The predicted molar refractivity (Wildman–Crippen MR) is 95.9 cm³/mol. The van der Waals surface area contributed by atoms with E-state index in [1.54, 1.807) is 0 Å². The molecule has 0 nitrogen and oxygen atoms in total. The van der Waals surface area contributed by atoms with E-state index >= 15 is 0 Å². The minimum absolute atomic E-state index is 1.05. The molecule has 0 radical (unpaired) electrons. The lowest BCUT2D eigenvalue weighted by molar-refractivity contribution is 1.29. The molecule has 4 rings (SSSR count). The largest absolute Gasteiger partial charge is 0.0801 e. The topological polar surface area (TPSA) is 0 Å². The van der Waals surface area contributed by atoms with Crippen LogP contribution in [0.4, 0.5) is 0 Å². The van der Waals surface area contributed by atoms with Gasteiger partial charge in [0.15, 0.2) is 0 Å². The summed E-state index contributed by atoms with van der Waals surface area (Å²) in [4.78, 5) is 0. The highest BCUT2D eigenvalue weighted by molar-refractivity contribution is 5.88. The Balaban J connectivity index is 2.16. The summed E-state index contributed by atoms with van der Waals surface area (Å²) in [5, 5.41) is 2.80. The van der Waals surface area contributed by atoms with Gasteiger partial charge in [0, 0.05) is 0 Å². The lowest BCUT2D eigenvalue weighted by Gasteiger charge is -2.13. The second kappa shape index (κ2) is 4.84. The van der Waals surface area contributed by atoms with Crippen molar-refractivity contribution < 1.29 is 0 Å². The molecule has 0 amide bonds. The molecule has 0 heteroatoms. The highest BCUT2D eigenvalue weighted by atomic mass is 14.2. The fraction of sp³-hybridized carbons (Fsp3) is 0.182. The van der Waals surface area contributed by atoms with Gasteiger partial charge in [-0.25, -0.2) is 0 Å². The molecule has 0 saturated heterocycles. The Morgan fingerprint density at radius 1 is 1.05 bits per heavy atom. The second-order valence-electron chi connectivity index (χ2n) is 6.44. The molecule has 0 fully saturated rings. The summed E-state index contributed by atoms with van der Waals surface area (Å²) in [6.45, 7) is 6.70. The first kappa shape index (κ1) is 13.3. The first-order valence-electron chi connectivity index (χ1n) is 7.95. The Morgan fingerprint density at radius 2 is 1.86 bits per heavy atom. The molecule has 0 bridgehead atoms. The minimum Gasteiger partial charge on any atom is -0.0801 e. The summed E-state index contributed by atoms with van der Waals surface area (Å²) < 4.78 is 0. The van der Waals surface area contributed by atoms with Gasteiger partial charge in [-0.3, -0.25) is 0 Å². The summed E-state index contributed by atoms with van der Waals surface area (Å²) in [5.41, 5.74) is 9.79. The van der Waals surface area contributed by atoms with E-state index < -0.39 is 0 Å². The van der Waals surface area contributed by atoms with Gasteiger partial charge in [0.2, 0.25) is 0 Å². The molecule has 0 atom stereocenters. The van der Waals surface area contributed by atoms with Crippen LogP contribution in [0.25, 0.3) is 28.3 Å². The van der Waals surface area contributed by atoms with Crippen LogP contribution in [0.5, 0.6) is 0 Å². The SMILES string of the molecule is CC(C)=c1cc2c(c(C3=CC=CC3)c1C)=Cc1ccccc1-2. The third kappa shape index (κ3) is 1.84. The molecule has 108 valence electrons. The molecule has 2 aromatic rings. The third-order valence-corrected chi connectivity index (χ3v) is 4.81. The summed E-state index contributed by atoms with van der Waals surface area (Å²) in [6, 6.07) is 11.1. The second-order valence-corrected chi connectivity index (χ2v) is 6.44. The van der Waals surface area contributed by atoms with Crippen LogP contribution in [0.2, 0.25) is 0 Å². The van der Waals surface area contributed by atoms with E-state index in [4.69, 9.17) is 0 Å². The number of allylic oxidation sites excluding steroid dienone is 4. The third-order valence-electron chi connectivity index (χ3n) is 4.81. The van der Waals surface area contributed by atoms with Crippen LogP contribution in [-0.4, -0.2) is 0 Å². The molecule has 0 unspecified atom stereocenters.